The highest BCUT2D eigenvalue weighted by molar-refractivity contribution is 6.31. The van der Waals surface area contributed by atoms with Gasteiger partial charge in [-0.3, -0.25) is 4.79 Å². The molecule has 17 heavy (non-hydrogen) atoms. The van der Waals surface area contributed by atoms with Gasteiger partial charge >= 0.3 is 0 Å². The molecule has 0 amide bonds. The normalized spacial score (nSPS) is 10.6. The van der Waals surface area contributed by atoms with Crippen LogP contribution >= 0.6 is 11.6 Å². The lowest BCUT2D eigenvalue weighted by Gasteiger charge is -2.05. The summed E-state index contributed by atoms with van der Waals surface area (Å²) >= 11 is 5.76. The number of aromatic nitrogens is 2. The second-order valence-electron chi connectivity index (χ2n) is 3.46. The van der Waals surface area contributed by atoms with Gasteiger partial charge in [0, 0.05) is 11.8 Å². The summed E-state index contributed by atoms with van der Waals surface area (Å²) in [6.07, 6.45) is 1.68. The maximum atomic E-state index is 13.6. The lowest BCUT2D eigenvalue weighted by Crippen LogP contribution is -2.03. The lowest BCUT2D eigenvalue weighted by molar-refractivity contribution is 0.112. The van der Waals surface area contributed by atoms with Crippen LogP contribution in [-0.4, -0.2) is 16.1 Å². The monoisotopic (exact) mass is 256 g/mol. The number of rotatable bonds is 2. The van der Waals surface area contributed by atoms with Crippen molar-refractivity contribution < 1.29 is 13.6 Å². The van der Waals surface area contributed by atoms with Crippen molar-refractivity contribution in [1.82, 2.24) is 9.78 Å². The summed E-state index contributed by atoms with van der Waals surface area (Å²) in [5.41, 5.74) is 0.0363. The van der Waals surface area contributed by atoms with E-state index in [9.17, 15) is 13.6 Å². The highest BCUT2D eigenvalue weighted by Gasteiger charge is 2.15. The van der Waals surface area contributed by atoms with E-state index in [0.717, 1.165) is 16.8 Å². The Morgan fingerprint density at radius 3 is 2.35 bits per heavy atom. The Bertz CT molecular complexity index is 553. The van der Waals surface area contributed by atoms with Crippen molar-refractivity contribution in [3.63, 3.8) is 0 Å². The summed E-state index contributed by atoms with van der Waals surface area (Å²) < 4.78 is 28.3. The summed E-state index contributed by atoms with van der Waals surface area (Å²) in [6.45, 7) is 1.62. The van der Waals surface area contributed by atoms with Crippen LogP contribution in [0.15, 0.2) is 18.3 Å². The third kappa shape index (κ3) is 2.06. The zero-order valence-corrected chi connectivity index (χ0v) is 9.50. The predicted molar refractivity (Wildman–Crippen MR) is 58.6 cm³/mol. The van der Waals surface area contributed by atoms with Crippen molar-refractivity contribution in [1.29, 1.82) is 0 Å². The summed E-state index contributed by atoms with van der Waals surface area (Å²) in [6, 6.07) is 1.88. The Balaban J connectivity index is 2.63. The Hall–Kier alpha value is -1.75. The largest absolute Gasteiger partial charge is 0.298 e. The zero-order chi connectivity index (χ0) is 12.6. The van der Waals surface area contributed by atoms with Gasteiger partial charge in [0.05, 0.1) is 10.7 Å². The Kier molecular flexibility index (Phi) is 2.93. The predicted octanol–water partition coefficient (Wildman–Crippen LogP) is 2.92. The van der Waals surface area contributed by atoms with Gasteiger partial charge in [0.25, 0.3) is 0 Å². The Morgan fingerprint density at radius 2 is 1.94 bits per heavy atom. The van der Waals surface area contributed by atoms with Gasteiger partial charge in [-0.2, -0.15) is 5.10 Å². The average Bonchev–Trinajstić information content (AvgIpc) is 2.57. The Morgan fingerprint density at radius 1 is 1.35 bits per heavy atom. The van der Waals surface area contributed by atoms with E-state index >= 15 is 0 Å². The minimum absolute atomic E-state index is 0.0706. The third-order valence-corrected chi connectivity index (χ3v) is 2.61. The van der Waals surface area contributed by atoms with Gasteiger partial charge < -0.3 is 0 Å². The molecule has 3 nitrogen and oxygen atoms in total. The van der Waals surface area contributed by atoms with Crippen LogP contribution in [0.3, 0.4) is 0 Å². The van der Waals surface area contributed by atoms with Crippen molar-refractivity contribution >= 4 is 17.9 Å². The highest BCUT2D eigenvalue weighted by Crippen LogP contribution is 2.22. The van der Waals surface area contributed by atoms with Crippen LogP contribution in [0.5, 0.6) is 0 Å². The van der Waals surface area contributed by atoms with Gasteiger partial charge in [0.1, 0.15) is 12.0 Å². The molecule has 88 valence electrons. The number of hydrogen-bond donors (Lipinski definition) is 0. The molecule has 1 aromatic carbocycles. The van der Waals surface area contributed by atoms with Crippen molar-refractivity contribution in [3.8, 4) is 5.69 Å². The van der Waals surface area contributed by atoms with E-state index in [1.807, 2.05) is 0 Å². The molecule has 0 bridgehead atoms. The number of halogens is 3. The average molecular weight is 257 g/mol. The lowest BCUT2D eigenvalue weighted by atomic mass is 10.2. The van der Waals surface area contributed by atoms with E-state index < -0.39 is 11.6 Å². The summed E-state index contributed by atoms with van der Waals surface area (Å²) in [5.74, 6) is -1.74. The molecule has 0 atom stereocenters. The summed E-state index contributed by atoms with van der Waals surface area (Å²) in [5, 5.41) is 4.18. The van der Waals surface area contributed by atoms with Crippen LogP contribution in [-0.2, 0) is 0 Å². The van der Waals surface area contributed by atoms with Crippen LogP contribution in [0.1, 0.15) is 16.1 Å². The first-order valence-electron chi connectivity index (χ1n) is 4.69. The minimum Gasteiger partial charge on any atom is -0.298 e. The molecule has 0 aliphatic carbocycles. The van der Waals surface area contributed by atoms with Crippen LogP contribution in [0.25, 0.3) is 5.69 Å². The maximum absolute atomic E-state index is 13.6. The molecular weight excluding hydrogens is 250 g/mol. The van der Waals surface area contributed by atoms with Crippen LogP contribution in [0, 0.1) is 18.6 Å². The van der Waals surface area contributed by atoms with Gasteiger partial charge in [0.15, 0.2) is 11.6 Å². The molecule has 1 aromatic heterocycles. The van der Waals surface area contributed by atoms with E-state index in [-0.39, 0.29) is 11.3 Å². The van der Waals surface area contributed by atoms with E-state index in [2.05, 4.69) is 5.10 Å². The van der Waals surface area contributed by atoms with Crippen LogP contribution in [0.4, 0.5) is 8.78 Å². The van der Waals surface area contributed by atoms with Crippen molar-refractivity contribution in [2.24, 2.45) is 0 Å². The van der Waals surface area contributed by atoms with E-state index in [1.54, 1.807) is 6.92 Å². The van der Waals surface area contributed by atoms with Gasteiger partial charge in [-0.1, -0.05) is 11.6 Å². The molecule has 0 radical (unpaired) electrons. The molecule has 0 saturated carbocycles. The van der Waals surface area contributed by atoms with Crippen LogP contribution < -0.4 is 0 Å². The molecule has 0 N–H and O–H groups in total. The summed E-state index contributed by atoms with van der Waals surface area (Å²) in [7, 11) is 0. The first-order valence-corrected chi connectivity index (χ1v) is 5.07. The van der Waals surface area contributed by atoms with Gasteiger partial charge in [-0.05, 0) is 19.1 Å². The molecule has 0 saturated heterocycles. The standard InChI is InChI=1S/C11H7ClF2N2O/c1-6-8(12)4-16(15-6)11-9(13)2-7(5-17)3-10(11)14/h2-5H,1H3. The number of nitrogens with zero attached hydrogens (tertiary/aromatic N) is 2. The maximum Gasteiger partial charge on any atom is 0.152 e. The molecule has 2 rings (SSSR count). The molecule has 0 aliphatic heterocycles. The fourth-order valence-corrected chi connectivity index (χ4v) is 1.56. The summed E-state index contributed by atoms with van der Waals surface area (Å²) in [4.78, 5) is 10.4. The number of aldehydes is 1. The zero-order valence-electron chi connectivity index (χ0n) is 8.75. The second kappa shape index (κ2) is 4.25. The number of carbonyl (C=O) groups excluding carboxylic acids is 1. The van der Waals surface area contributed by atoms with E-state index in [0.29, 0.717) is 17.0 Å². The quantitative estimate of drug-likeness (QED) is 0.775. The van der Waals surface area contributed by atoms with Crippen LogP contribution in [0.2, 0.25) is 5.02 Å². The second-order valence-corrected chi connectivity index (χ2v) is 3.87. The minimum atomic E-state index is -0.869. The number of aryl methyl sites for hydroxylation is 1. The fraction of sp³-hybridized carbons (Fsp3) is 0.0909. The molecule has 0 aliphatic rings. The van der Waals surface area contributed by atoms with E-state index in [4.69, 9.17) is 11.6 Å². The molecule has 0 unspecified atom stereocenters. The fourth-order valence-electron chi connectivity index (χ4n) is 1.43. The number of carbonyl (C=O) groups is 1. The molecular formula is C11H7ClF2N2O. The van der Waals surface area contributed by atoms with Crippen molar-refractivity contribution in [2.75, 3.05) is 0 Å². The smallest absolute Gasteiger partial charge is 0.152 e. The highest BCUT2D eigenvalue weighted by atomic mass is 35.5. The Labute approximate surface area is 101 Å². The first-order chi connectivity index (χ1) is 8.02. The first kappa shape index (κ1) is 11.7. The molecule has 1 heterocycles. The van der Waals surface area contributed by atoms with Gasteiger partial charge in [0.2, 0.25) is 0 Å². The third-order valence-electron chi connectivity index (χ3n) is 2.24. The molecule has 2 aromatic rings. The van der Waals surface area contributed by atoms with E-state index in [1.165, 1.54) is 6.20 Å². The van der Waals surface area contributed by atoms with Gasteiger partial charge in [-0.25, -0.2) is 13.5 Å². The topological polar surface area (TPSA) is 34.9 Å². The van der Waals surface area contributed by atoms with Gasteiger partial charge in [-0.15, -0.1) is 0 Å². The number of hydrogen-bond acceptors (Lipinski definition) is 2. The SMILES string of the molecule is Cc1nn(-c2c(F)cc(C=O)cc2F)cc1Cl. The molecule has 0 fully saturated rings. The molecule has 6 heteroatoms. The molecule has 0 spiro atoms. The van der Waals surface area contributed by atoms with Crippen molar-refractivity contribution in [2.45, 2.75) is 6.92 Å². The van der Waals surface area contributed by atoms with Crippen molar-refractivity contribution in [3.05, 3.63) is 46.2 Å². The number of benzene rings is 1.